The van der Waals surface area contributed by atoms with E-state index in [-0.39, 0.29) is 0 Å². The van der Waals surface area contributed by atoms with Gasteiger partial charge in [-0.2, -0.15) is 0 Å². The van der Waals surface area contributed by atoms with Crippen LogP contribution in [0.4, 0.5) is 5.82 Å². The first-order valence-electron chi connectivity index (χ1n) is 5.50. The Morgan fingerprint density at radius 3 is 2.56 bits per heavy atom. The molecule has 0 aliphatic heterocycles. The third-order valence-electron chi connectivity index (χ3n) is 2.36. The number of hydrogen-bond donors (Lipinski definition) is 0. The van der Waals surface area contributed by atoms with Gasteiger partial charge in [0.05, 0.1) is 0 Å². The van der Waals surface area contributed by atoms with Crippen molar-refractivity contribution in [3.8, 4) is 0 Å². The minimum Gasteiger partial charge on any atom is -0.357 e. The molecule has 0 fully saturated rings. The van der Waals surface area contributed by atoms with E-state index in [0.717, 1.165) is 31.9 Å². The van der Waals surface area contributed by atoms with Gasteiger partial charge in [-0.3, -0.25) is 0 Å². The summed E-state index contributed by atoms with van der Waals surface area (Å²) < 4.78 is 0. The Morgan fingerprint density at radius 1 is 1.25 bits per heavy atom. The maximum Gasteiger partial charge on any atom is 0.134 e. The van der Waals surface area contributed by atoms with Gasteiger partial charge in [0.25, 0.3) is 0 Å². The van der Waals surface area contributed by atoms with Gasteiger partial charge in [-0.1, -0.05) is 11.6 Å². The minimum absolute atomic E-state index is 0.496. The SMILES string of the molecule is CCN(CCCN(C)C)c1cc(Cl)ncn1. The van der Waals surface area contributed by atoms with Gasteiger partial charge in [0, 0.05) is 19.2 Å². The van der Waals surface area contributed by atoms with Gasteiger partial charge in [-0.05, 0) is 34.0 Å². The van der Waals surface area contributed by atoms with Crippen molar-refractivity contribution >= 4 is 17.4 Å². The van der Waals surface area contributed by atoms with E-state index >= 15 is 0 Å². The highest BCUT2D eigenvalue weighted by Gasteiger charge is 2.06. The van der Waals surface area contributed by atoms with E-state index < -0.39 is 0 Å². The Balaban J connectivity index is 2.53. The third kappa shape index (κ3) is 4.33. The van der Waals surface area contributed by atoms with Gasteiger partial charge in [0.1, 0.15) is 17.3 Å². The van der Waals surface area contributed by atoms with Crippen molar-refractivity contribution in [1.82, 2.24) is 14.9 Å². The van der Waals surface area contributed by atoms with Gasteiger partial charge < -0.3 is 9.80 Å². The van der Waals surface area contributed by atoms with Crippen LogP contribution in [0.3, 0.4) is 0 Å². The number of aromatic nitrogens is 2. The van der Waals surface area contributed by atoms with Crippen LogP contribution in [0.15, 0.2) is 12.4 Å². The van der Waals surface area contributed by atoms with Crippen LogP contribution in [-0.4, -0.2) is 48.6 Å². The fourth-order valence-electron chi connectivity index (χ4n) is 1.51. The van der Waals surface area contributed by atoms with Crippen LogP contribution >= 0.6 is 11.6 Å². The number of halogens is 1. The third-order valence-corrected chi connectivity index (χ3v) is 2.57. The van der Waals surface area contributed by atoms with Gasteiger partial charge in [-0.25, -0.2) is 9.97 Å². The first-order valence-corrected chi connectivity index (χ1v) is 5.88. The van der Waals surface area contributed by atoms with Gasteiger partial charge in [0.15, 0.2) is 0 Å². The Bertz CT molecular complexity index is 317. The highest BCUT2D eigenvalue weighted by Crippen LogP contribution is 2.14. The Kier molecular flexibility index (Phi) is 5.49. The molecule has 0 saturated heterocycles. The Labute approximate surface area is 102 Å². The van der Waals surface area contributed by atoms with E-state index in [1.54, 1.807) is 6.07 Å². The molecule has 0 unspecified atom stereocenters. The normalized spacial score (nSPS) is 10.8. The van der Waals surface area contributed by atoms with E-state index in [0.29, 0.717) is 5.15 Å². The summed E-state index contributed by atoms with van der Waals surface area (Å²) in [5, 5.41) is 0.496. The molecule has 90 valence electrons. The molecule has 1 aromatic heterocycles. The second-order valence-electron chi connectivity index (χ2n) is 3.94. The lowest BCUT2D eigenvalue weighted by atomic mass is 10.3. The lowest BCUT2D eigenvalue weighted by molar-refractivity contribution is 0.400. The van der Waals surface area contributed by atoms with Crippen molar-refractivity contribution in [2.45, 2.75) is 13.3 Å². The van der Waals surface area contributed by atoms with Crippen molar-refractivity contribution < 1.29 is 0 Å². The summed E-state index contributed by atoms with van der Waals surface area (Å²) >= 11 is 5.84. The summed E-state index contributed by atoms with van der Waals surface area (Å²) in [4.78, 5) is 12.5. The summed E-state index contributed by atoms with van der Waals surface area (Å²) in [7, 11) is 4.16. The van der Waals surface area contributed by atoms with Crippen LogP contribution < -0.4 is 4.90 Å². The molecule has 0 aliphatic rings. The first-order chi connectivity index (χ1) is 7.63. The molecule has 0 bridgehead atoms. The number of anilines is 1. The fourth-order valence-corrected chi connectivity index (χ4v) is 1.65. The monoisotopic (exact) mass is 242 g/mol. The predicted octanol–water partition coefficient (Wildman–Crippen LogP) is 1.91. The second kappa shape index (κ2) is 6.66. The van der Waals surface area contributed by atoms with Crippen LogP contribution in [-0.2, 0) is 0 Å². The van der Waals surface area contributed by atoms with Gasteiger partial charge in [-0.15, -0.1) is 0 Å². The second-order valence-corrected chi connectivity index (χ2v) is 4.32. The van der Waals surface area contributed by atoms with Crippen LogP contribution in [0.2, 0.25) is 5.15 Å². The van der Waals surface area contributed by atoms with Crippen molar-refractivity contribution in [1.29, 1.82) is 0 Å². The molecule has 0 spiro atoms. The summed E-state index contributed by atoms with van der Waals surface area (Å²) in [6.07, 6.45) is 2.62. The molecule has 0 saturated carbocycles. The zero-order chi connectivity index (χ0) is 12.0. The van der Waals surface area contributed by atoms with Crippen LogP contribution in [0.25, 0.3) is 0 Å². The van der Waals surface area contributed by atoms with Crippen LogP contribution in [0, 0.1) is 0 Å². The molecule has 0 aliphatic carbocycles. The van der Waals surface area contributed by atoms with E-state index in [1.807, 2.05) is 0 Å². The summed E-state index contributed by atoms with van der Waals surface area (Å²) in [5.41, 5.74) is 0. The maximum absolute atomic E-state index is 5.84. The first kappa shape index (κ1) is 13.2. The van der Waals surface area contributed by atoms with E-state index in [2.05, 4.69) is 40.8 Å². The topological polar surface area (TPSA) is 32.3 Å². The predicted molar refractivity (Wildman–Crippen MR) is 68.1 cm³/mol. The Hall–Kier alpha value is -0.870. The molecule has 1 aromatic rings. The average molecular weight is 243 g/mol. The van der Waals surface area contributed by atoms with Crippen molar-refractivity contribution in [2.75, 3.05) is 38.6 Å². The molecular weight excluding hydrogens is 224 g/mol. The quantitative estimate of drug-likeness (QED) is 0.714. The largest absolute Gasteiger partial charge is 0.357 e. The van der Waals surface area contributed by atoms with Gasteiger partial charge in [0.2, 0.25) is 0 Å². The highest BCUT2D eigenvalue weighted by molar-refractivity contribution is 6.29. The minimum atomic E-state index is 0.496. The fraction of sp³-hybridized carbons (Fsp3) is 0.636. The molecule has 4 nitrogen and oxygen atoms in total. The molecule has 0 aromatic carbocycles. The molecule has 1 rings (SSSR count). The summed E-state index contributed by atoms with van der Waals surface area (Å²) in [6, 6.07) is 1.81. The van der Waals surface area contributed by atoms with Crippen molar-refractivity contribution in [2.24, 2.45) is 0 Å². The van der Waals surface area contributed by atoms with Crippen LogP contribution in [0.1, 0.15) is 13.3 Å². The smallest absolute Gasteiger partial charge is 0.134 e. The van der Waals surface area contributed by atoms with E-state index in [4.69, 9.17) is 11.6 Å². The summed E-state index contributed by atoms with van der Waals surface area (Å²) in [5.74, 6) is 0.904. The molecule has 16 heavy (non-hydrogen) atoms. The summed E-state index contributed by atoms with van der Waals surface area (Å²) in [6.45, 7) is 5.11. The molecule has 1 heterocycles. The maximum atomic E-state index is 5.84. The van der Waals surface area contributed by atoms with Crippen molar-refractivity contribution in [3.05, 3.63) is 17.5 Å². The van der Waals surface area contributed by atoms with Crippen molar-refractivity contribution in [3.63, 3.8) is 0 Å². The number of rotatable bonds is 6. The zero-order valence-corrected chi connectivity index (χ0v) is 10.9. The standard InChI is InChI=1S/C11H19ClN4/c1-4-16(7-5-6-15(2)3)11-8-10(12)13-9-14-11/h8-9H,4-7H2,1-3H3. The molecule has 0 atom stereocenters. The van der Waals surface area contributed by atoms with Gasteiger partial charge >= 0.3 is 0 Å². The molecule has 0 N–H and O–H groups in total. The molecular formula is C11H19ClN4. The number of nitrogens with zero attached hydrogens (tertiary/aromatic N) is 4. The van der Waals surface area contributed by atoms with E-state index in [1.165, 1.54) is 6.33 Å². The Morgan fingerprint density at radius 2 is 2.00 bits per heavy atom. The van der Waals surface area contributed by atoms with E-state index in [9.17, 15) is 0 Å². The molecule has 0 amide bonds. The number of hydrogen-bond acceptors (Lipinski definition) is 4. The lowest BCUT2D eigenvalue weighted by Crippen LogP contribution is -2.27. The molecule has 0 radical (unpaired) electrons. The average Bonchev–Trinajstić information content (AvgIpc) is 2.24. The zero-order valence-electron chi connectivity index (χ0n) is 10.1. The molecule has 5 heteroatoms. The van der Waals surface area contributed by atoms with Crippen LogP contribution in [0.5, 0.6) is 0 Å². The lowest BCUT2D eigenvalue weighted by Gasteiger charge is -2.22. The highest BCUT2D eigenvalue weighted by atomic mass is 35.5.